The Bertz CT molecular complexity index is 1740. The molecule has 0 bridgehead atoms. The van der Waals surface area contributed by atoms with Gasteiger partial charge in [0.15, 0.2) is 26.4 Å². The van der Waals surface area contributed by atoms with Crippen LogP contribution in [-0.2, 0) is 70.3 Å². The van der Waals surface area contributed by atoms with Gasteiger partial charge >= 0.3 is 23.9 Å². The summed E-state index contributed by atoms with van der Waals surface area (Å²) in [5.41, 5.74) is 3.02. The first-order chi connectivity index (χ1) is 24.5. The van der Waals surface area contributed by atoms with E-state index in [2.05, 4.69) is 36.1 Å². The van der Waals surface area contributed by atoms with Crippen LogP contribution >= 0.6 is 0 Å². The van der Waals surface area contributed by atoms with Gasteiger partial charge in [0.05, 0.1) is 17.9 Å². The van der Waals surface area contributed by atoms with Gasteiger partial charge in [-0.05, 0) is 29.3 Å². The molecule has 3 heterocycles. The summed E-state index contributed by atoms with van der Waals surface area (Å²) in [7, 11) is 0. The zero-order chi connectivity index (χ0) is 36.6. The van der Waals surface area contributed by atoms with Crippen molar-refractivity contribution in [2.24, 2.45) is 0 Å². The normalized spacial score (nSPS) is 18.0. The minimum absolute atomic E-state index is 0.0927. The zero-order valence-electron chi connectivity index (χ0n) is 27.0. The van der Waals surface area contributed by atoms with Gasteiger partial charge in [0.2, 0.25) is 0 Å². The molecule has 1 fully saturated rings. The largest absolute Gasteiger partial charge is 0.454 e. The van der Waals surface area contributed by atoms with Crippen molar-refractivity contribution in [3.05, 3.63) is 72.1 Å². The molecule has 0 aliphatic carbocycles. The molecule has 1 aliphatic heterocycles. The fraction of sp³-hybridized carbons (Fsp3) is 0.312. The number of esters is 4. The van der Waals surface area contributed by atoms with E-state index in [1.54, 1.807) is 41.3 Å². The van der Waals surface area contributed by atoms with Crippen molar-refractivity contribution in [2.75, 3.05) is 46.1 Å². The molecule has 0 saturated carbocycles. The van der Waals surface area contributed by atoms with Gasteiger partial charge in [-0.1, -0.05) is 30.3 Å². The Hall–Kier alpha value is -6.66. The molecule has 1 unspecified atom stereocenters. The summed E-state index contributed by atoms with van der Waals surface area (Å²) in [6, 6.07) is 13.1. The number of hydrogen-bond acceptors (Lipinski definition) is 14. The smallest absolute Gasteiger partial charge is 0.329 e. The second kappa shape index (κ2) is 18.8. The average Bonchev–Trinajstić information content (AvgIpc) is 3.60. The Balaban J connectivity index is 1.40. The molecule has 1 saturated heterocycles. The van der Waals surface area contributed by atoms with Gasteiger partial charge in [0.1, 0.15) is 25.7 Å². The third-order valence-electron chi connectivity index (χ3n) is 6.79. The summed E-state index contributed by atoms with van der Waals surface area (Å²) in [5.74, 6) is -7.59. The number of carbonyl (C=O) groups excluding carboxylic acids is 8. The molecule has 4 amide bonds. The van der Waals surface area contributed by atoms with Gasteiger partial charge in [0, 0.05) is 18.8 Å². The van der Waals surface area contributed by atoms with E-state index in [-0.39, 0.29) is 6.42 Å². The summed E-state index contributed by atoms with van der Waals surface area (Å²) in [4.78, 5) is 102. The van der Waals surface area contributed by atoms with Crippen LogP contribution in [-0.4, -0.2) is 114 Å². The Morgan fingerprint density at radius 1 is 0.608 bits per heavy atom. The van der Waals surface area contributed by atoms with E-state index >= 15 is 0 Å². The lowest BCUT2D eigenvalue weighted by Gasteiger charge is -2.18. The van der Waals surface area contributed by atoms with Crippen LogP contribution in [0.25, 0.3) is 11.4 Å². The third-order valence-corrected chi connectivity index (χ3v) is 6.79. The van der Waals surface area contributed by atoms with E-state index in [0.29, 0.717) is 12.1 Å². The summed E-state index contributed by atoms with van der Waals surface area (Å²) < 4.78 is 21.1. The first kappa shape index (κ1) is 37.2. The number of cyclic esters (lactones) is 4. The number of nitrogens with one attached hydrogen (secondary N) is 4. The summed E-state index contributed by atoms with van der Waals surface area (Å²) in [6.45, 7) is -4.87. The van der Waals surface area contributed by atoms with Crippen molar-refractivity contribution in [3.8, 4) is 11.4 Å². The quantitative estimate of drug-likeness (QED) is 0.159. The van der Waals surface area contributed by atoms with Crippen molar-refractivity contribution in [1.82, 2.24) is 36.0 Å². The number of aromatic nitrogens is 3. The number of pyridine rings is 1. The van der Waals surface area contributed by atoms with Crippen LogP contribution in [0.2, 0.25) is 0 Å². The molecule has 268 valence electrons. The van der Waals surface area contributed by atoms with Crippen molar-refractivity contribution in [3.63, 3.8) is 0 Å². The van der Waals surface area contributed by atoms with Crippen molar-refractivity contribution >= 4 is 47.5 Å². The van der Waals surface area contributed by atoms with Crippen LogP contribution in [0.15, 0.2) is 60.9 Å². The van der Waals surface area contributed by atoms with Crippen LogP contribution in [0.4, 0.5) is 0 Å². The Morgan fingerprint density at radius 2 is 1.14 bits per heavy atom. The fourth-order valence-electron chi connectivity index (χ4n) is 4.30. The SMILES string of the molecule is O=C1COC(=O)CNC(=O)COC(=O)C(Cc2ccc(Cn3nccc3-c3ccccn3)cc2)NC(=O)COC(=O)CNC(=O)COC(=O)CN1. The van der Waals surface area contributed by atoms with Crippen molar-refractivity contribution in [1.29, 1.82) is 0 Å². The molecule has 1 atom stereocenters. The topological polar surface area (TPSA) is 252 Å². The van der Waals surface area contributed by atoms with Gasteiger partial charge in [-0.15, -0.1) is 0 Å². The molecule has 0 spiro atoms. The second-order valence-electron chi connectivity index (χ2n) is 10.6. The maximum absolute atomic E-state index is 13.0. The maximum atomic E-state index is 13.0. The molecule has 1 aromatic carbocycles. The van der Waals surface area contributed by atoms with Crippen LogP contribution in [0.3, 0.4) is 0 Å². The number of nitrogens with zero attached hydrogens (tertiary/aromatic N) is 3. The highest BCUT2D eigenvalue weighted by molar-refractivity contribution is 5.90. The highest BCUT2D eigenvalue weighted by Gasteiger charge is 2.25. The van der Waals surface area contributed by atoms with E-state index < -0.39 is 99.6 Å². The molecule has 19 nitrogen and oxygen atoms in total. The molecule has 1 aliphatic rings. The number of ether oxygens (including phenoxy) is 4. The van der Waals surface area contributed by atoms with E-state index in [1.165, 1.54) is 0 Å². The first-order valence-corrected chi connectivity index (χ1v) is 15.3. The predicted molar refractivity (Wildman–Crippen MR) is 170 cm³/mol. The summed E-state index contributed by atoms with van der Waals surface area (Å²) in [5, 5.41) is 13.2. The standard InChI is InChI=1S/C32H33N7O12/c40-25-16-49-30(45)13-36-27(42)18-51-32(47)23(38-28(43)19-50-31(46)14-35-26(41)17-48-29(44)12-34-25)11-20-4-6-21(7-5-20)15-39-24(8-10-37-39)22-3-1-2-9-33-22/h1-10,23H,11-19H2,(H,34,40)(H,35,41)(H,36,42)(H,38,43). The van der Waals surface area contributed by atoms with Crippen LogP contribution in [0.5, 0.6) is 0 Å². The van der Waals surface area contributed by atoms with Crippen LogP contribution < -0.4 is 21.3 Å². The second-order valence-corrected chi connectivity index (χ2v) is 10.6. The minimum atomic E-state index is -1.35. The number of amides is 4. The van der Waals surface area contributed by atoms with Gasteiger partial charge in [-0.2, -0.15) is 5.10 Å². The van der Waals surface area contributed by atoms with Crippen molar-refractivity contribution < 1.29 is 57.3 Å². The third kappa shape index (κ3) is 12.7. The monoisotopic (exact) mass is 707 g/mol. The Kier molecular flexibility index (Phi) is 13.7. The van der Waals surface area contributed by atoms with E-state index in [0.717, 1.165) is 17.0 Å². The predicted octanol–water partition coefficient (Wildman–Crippen LogP) is -2.44. The van der Waals surface area contributed by atoms with Gasteiger partial charge in [-0.3, -0.25) is 43.2 Å². The fourth-order valence-corrected chi connectivity index (χ4v) is 4.30. The van der Waals surface area contributed by atoms with Crippen LogP contribution in [0, 0.1) is 0 Å². The number of carbonyl (C=O) groups is 8. The molecule has 3 aromatic rings. The number of rotatable bonds is 5. The molecule has 19 heteroatoms. The molecular formula is C32H33N7O12. The molecule has 51 heavy (non-hydrogen) atoms. The molecule has 4 rings (SSSR count). The average molecular weight is 708 g/mol. The van der Waals surface area contributed by atoms with Crippen molar-refractivity contribution in [2.45, 2.75) is 19.0 Å². The Morgan fingerprint density at radius 3 is 1.69 bits per heavy atom. The Labute approximate surface area is 289 Å². The zero-order valence-corrected chi connectivity index (χ0v) is 27.0. The number of hydrogen-bond donors (Lipinski definition) is 4. The lowest BCUT2D eigenvalue weighted by Crippen LogP contribution is -2.46. The summed E-state index contributed by atoms with van der Waals surface area (Å²) in [6.07, 6.45) is 3.25. The van der Waals surface area contributed by atoms with Gasteiger partial charge in [-0.25, -0.2) is 4.79 Å². The molecular weight excluding hydrogens is 674 g/mol. The molecule has 4 N–H and O–H groups in total. The van der Waals surface area contributed by atoms with Gasteiger partial charge < -0.3 is 40.2 Å². The molecule has 2 aromatic heterocycles. The van der Waals surface area contributed by atoms with Gasteiger partial charge in [0.25, 0.3) is 23.6 Å². The molecule has 0 radical (unpaired) electrons. The van der Waals surface area contributed by atoms with E-state index in [4.69, 9.17) is 14.2 Å². The lowest BCUT2D eigenvalue weighted by molar-refractivity contribution is -0.154. The highest BCUT2D eigenvalue weighted by atomic mass is 16.6. The number of benzene rings is 1. The summed E-state index contributed by atoms with van der Waals surface area (Å²) >= 11 is 0. The van der Waals surface area contributed by atoms with E-state index in [1.807, 2.05) is 24.3 Å². The minimum Gasteiger partial charge on any atom is -0.454 e. The van der Waals surface area contributed by atoms with E-state index in [9.17, 15) is 38.4 Å². The van der Waals surface area contributed by atoms with Crippen LogP contribution in [0.1, 0.15) is 11.1 Å². The lowest BCUT2D eigenvalue weighted by atomic mass is 10.0. The maximum Gasteiger partial charge on any atom is 0.329 e. The first-order valence-electron chi connectivity index (χ1n) is 15.3. The highest BCUT2D eigenvalue weighted by Crippen LogP contribution is 2.18.